The minimum absolute atomic E-state index is 0.108. The van der Waals surface area contributed by atoms with Crippen molar-refractivity contribution in [2.24, 2.45) is 0 Å². The van der Waals surface area contributed by atoms with Crippen LogP contribution in [-0.4, -0.2) is 25.8 Å². The Morgan fingerprint density at radius 2 is 2.00 bits per heavy atom. The van der Waals surface area contributed by atoms with Crippen molar-refractivity contribution in [2.75, 3.05) is 0 Å². The molecule has 124 valence electrons. The molecule has 6 heteroatoms. The van der Waals surface area contributed by atoms with Crippen molar-refractivity contribution in [1.82, 2.24) is 20.1 Å². The van der Waals surface area contributed by atoms with E-state index in [2.05, 4.69) is 29.2 Å². The third-order valence-corrected chi connectivity index (χ3v) is 4.03. The SMILES string of the molecule is CCC(CC)n1ncc(C(=O)NCc2cccc(CO)n2)c1C. The highest BCUT2D eigenvalue weighted by Crippen LogP contribution is 2.19. The van der Waals surface area contributed by atoms with Gasteiger partial charge in [0.2, 0.25) is 0 Å². The second kappa shape index (κ2) is 7.87. The van der Waals surface area contributed by atoms with Gasteiger partial charge in [-0.05, 0) is 31.9 Å². The Bertz CT molecular complexity index is 662. The molecular weight excluding hydrogens is 292 g/mol. The van der Waals surface area contributed by atoms with E-state index in [9.17, 15) is 4.79 Å². The fourth-order valence-electron chi connectivity index (χ4n) is 2.63. The van der Waals surface area contributed by atoms with Gasteiger partial charge in [-0.3, -0.25) is 14.5 Å². The Balaban J connectivity index is 2.06. The van der Waals surface area contributed by atoms with Crippen molar-refractivity contribution < 1.29 is 9.90 Å². The summed E-state index contributed by atoms with van der Waals surface area (Å²) in [5.74, 6) is -0.157. The van der Waals surface area contributed by atoms with Crippen LogP contribution in [0.2, 0.25) is 0 Å². The maximum Gasteiger partial charge on any atom is 0.255 e. The van der Waals surface area contributed by atoms with Gasteiger partial charge in [-0.2, -0.15) is 5.10 Å². The number of hydrogen-bond acceptors (Lipinski definition) is 4. The summed E-state index contributed by atoms with van der Waals surface area (Å²) in [5, 5.41) is 16.3. The van der Waals surface area contributed by atoms with Gasteiger partial charge in [-0.1, -0.05) is 19.9 Å². The van der Waals surface area contributed by atoms with Crippen LogP contribution < -0.4 is 5.32 Å². The lowest BCUT2D eigenvalue weighted by atomic mass is 10.1. The molecule has 0 atom stereocenters. The number of aliphatic hydroxyl groups is 1. The van der Waals surface area contributed by atoms with E-state index >= 15 is 0 Å². The monoisotopic (exact) mass is 316 g/mol. The third-order valence-electron chi connectivity index (χ3n) is 4.03. The predicted octanol–water partition coefficient (Wildman–Crippen LogP) is 2.37. The van der Waals surface area contributed by atoms with E-state index in [1.54, 1.807) is 12.3 Å². The number of nitrogens with one attached hydrogen (secondary N) is 1. The first kappa shape index (κ1) is 17.1. The predicted molar refractivity (Wildman–Crippen MR) is 87.9 cm³/mol. The lowest BCUT2D eigenvalue weighted by Crippen LogP contribution is -2.24. The maximum absolute atomic E-state index is 12.4. The van der Waals surface area contributed by atoms with Crippen LogP contribution in [0.3, 0.4) is 0 Å². The van der Waals surface area contributed by atoms with Gasteiger partial charge in [-0.15, -0.1) is 0 Å². The molecule has 2 N–H and O–H groups in total. The van der Waals surface area contributed by atoms with Gasteiger partial charge in [0.05, 0.1) is 42.3 Å². The summed E-state index contributed by atoms with van der Waals surface area (Å²) in [6.45, 7) is 6.37. The number of amides is 1. The fraction of sp³-hybridized carbons (Fsp3) is 0.471. The summed E-state index contributed by atoms with van der Waals surface area (Å²) in [7, 11) is 0. The van der Waals surface area contributed by atoms with Crippen molar-refractivity contribution in [3.8, 4) is 0 Å². The zero-order valence-corrected chi connectivity index (χ0v) is 13.9. The van der Waals surface area contributed by atoms with Gasteiger partial charge >= 0.3 is 0 Å². The van der Waals surface area contributed by atoms with Crippen LogP contribution in [0.5, 0.6) is 0 Å². The van der Waals surface area contributed by atoms with Crippen LogP contribution in [0.25, 0.3) is 0 Å². The lowest BCUT2D eigenvalue weighted by molar-refractivity contribution is 0.0949. The molecule has 0 fully saturated rings. The van der Waals surface area contributed by atoms with Gasteiger partial charge in [0.25, 0.3) is 5.91 Å². The van der Waals surface area contributed by atoms with Crippen molar-refractivity contribution in [3.05, 3.63) is 47.0 Å². The first-order valence-electron chi connectivity index (χ1n) is 7.98. The van der Waals surface area contributed by atoms with Crippen molar-refractivity contribution in [2.45, 2.75) is 52.8 Å². The first-order chi connectivity index (χ1) is 11.1. The zero-order valence-electron chi connectivity index (χ0n) is 13.9. The van der Waals surface area contributed by atoms with E-state index < -0.39 is 0 Å². The summed E-state index contributed by atoms with van der Waals surface area (Å²) < 4.78 is 1.93. The fourth-order valence-corrected chi connectivity index (χ4v) is 2.63. The number of aliphatic hydroxyl groups excluding tert-OH is 1. The molecule has 2 aromatic rings. The van der Waals surface area contributed by atoms with Crippen molar-refractivity contribution >= 4 is 5.91 Å². The van der Waals surface area contributed by atoms with E-state index in [0.29, 0.717) is 23.8 Å². The number of rotatable bonds is 7. The molecule has 0 unspecified atom stereocenters. The third kappa shape index (κ3) is 3.96. The second-order valence-corrected chi connectivity index (χ2v) is 5.52. The molecule has 0 saturated carbocycles. The van der Waals surface area contributed by atoms with Crippen molar-refractivity contribution in [3.63, 3.8) is 0 Å². The van der Waals surface area contributed by atoms with E-state index in [1.807, 2.05) is 23.7 Å². The quantitative estimate of drug-likeness (QED) is 0.822. The molecule has 1 amide bonds. The standard InChI is InChI=1S/C17H24N4O2/c1-4-15(5-2)21-12(3)16(10-19-21)17(23)18-9-13-7-6-8-14(11-22)20-13/h6-8,10,15,22H,4-5,9,11H2,1-3H3,(H,18,23). The van der Waals surface area contributed by atoms with E-state index in [-0.39, 0.29) is 12.5 Å². The highest BCUT2D eigenvalue weighted by molar-refractivity contribution is 5.94. The normalized spacial score (nSPS) is 11.0. The molecule has 2 rings (SSSR count). The molecule has 2 aromatic heterocycles. The highest BCUT2D eigenvalue weighted by atomic mass is 16.3. The summed E-state index contributed by atoms with van der Waals surface area (Å²) in [6.07, 6.45) is 3.59. The van der Waals surface area contributed by atoms with Crippen LogP contribution in [0.15, 0.2) is 24.4 Å². The summed E-state index contributed by atoms with van der Waals surface area (Å²) in [4.78, 5) is 16.6. The van der Waals surface area contributed by atoms with Crippen LogP contribution in [0.4, 0.5) is 0 Å². The molecular formula is C17H24N4O2. The molecule has 23 heavy (non-hydrogen) atoms. The van der Waals surface area contributed by atoms with Crippen LogP contribution in [0, 0.1) is 6.92 Å². The molecule has 0 radical (unpaired) electrons. The molecule has 0 aliphatic rings. The van der Waals surface area contributed by atoms with Gasteiger partial charge < -0.3 is 10.4 Å². The summed E-state index contributed by atoms with van der Waals surface area (Å²) in [6, 6.07) is 5.70. The molecule has 0 bridgehead atoms. The topological polar surface area (TPSA) is 80.0 Å². The number of hydrogen-bond donors (Lipinski definition) is 2. The van der Waals surface area contributed by atoms with Gasteiger partial charge in [0.15, 0.2) is 0 Å². The van der Waals surface area contributed by atoms with Gasteiger partial charge in [0.1, 0.15) is 0 Å². The number of carbonyl (C=O) groups excluding carboxylic acids is 1. The maximum atomic E-state index is 12.4. The number of pyridine rings is 1. The summed E-state index contributed by atoms with van der Waals surface area (Å²) in [5.41, 5.74) is 2.79. The van der Waals surface area contributed by atoms with Crippen LogP contribution in [-0.2, 0) is 13.2 Å². The Morgan fingerprint density at radius 3 is 2.65 bits per heavy atom. The highest BCUT2D eigenvalue weighted by Gasteiger charge is 2.17. The molecule has 2 heterocycles. The minimum Gasteiger partial charge on any atom is -0.390 e. The molecule has 0 saturated heterocycles. The molecule has 0 aliphatic carbocycles. The average Bonchev–Trinajstić information content (AvgIpc) is 2.96. The Kier molecular flexibility index (Phi) is 5.87. The van der Waals surface area contributed by atoms with Crippen LogP contribution in [0.1, 0.15) is 60.2 Å². The Labute approximate surface area is 136 Å². The number of nitrogens with zero attached hydrogens (tertiary/aromatic N) is 3. The molecule has 0 aromatic carbocycles. The summed E-state index contributed by atoms with van der Waals surface area (Å²) >= 11 is 0. The Morgan fingerprint density at radius 1 is 1.30 bits per heavy atom. The van der Waals surface area contributed by atoms with Crippen LogP contribution >= 0.6 is 0 Å². The van der Waals surface area contributed by atoms with Gasteiger partial charge in [-0.25, -0.2) is 0 Å². The van der Waals surface area contributed by atoms with Crippen molar-refractivity contribution in [1.29, 1.82) is 0 Å². The number of carbonyl (C=O) groups is 1. The number of aromatic nitrogens is 3. The molecule has 6 nitrogen and oxygen atoms in total. The lowest BCUT2D eigenvalue weighted by Gasteiger charge is -2.15. The average molecular weight is 316 g/mol. The largest absolute Gasteiger partial charge is 0.390 e. The van der Waals surface area contributed by atoms with E-state index in [0.717, 1.165) is 24.2 Å². The smallest absolute Gasteiger partial charge is 0.255 e. The zero-order chi connectivity index (χ0) is 16.8. The van der Waals surface area contributed by atoms with Gasteiger partial charge in [0, 0.05) is 5.69 Å². The molecule has 0 aliphatic heterocycles. The first-order valence-corrected chi connectivity index (χ1v) is 7.98. The second-order valence-electron chi connectivity index (χ2n) is 5.52. The van der Waals surface area contributed by atoms with E-state index in [1.165, 1.54) is 0 Å². The Hall–Kier alpha value is -2.21. The minimum atomic E-state index is -0.157. The molecule has 0 spiro atoms. The van der Waals surface area contributed by atoms with E-state index in [4.69, 9.17) is 5.11 Å².